The molecule has 25 heavy (non-hydrogen) atoms. The summed E-state index contributed by atoms with van der Waals surface area (Å²) < 4.78 is 0. The fraction of sp³-hybridized carbons (Fsp3) is 0.450. The number of pyridine rings is 1. The van der Waals surface area contributed by atoms with Crippen molar-refractivity contribution in [1.82, 2.24) is 9.97 Å². The molecule has 0 radical (unpaired) electrons. The maximum Gasteiger partial charge on any atom is 0.275 e. The third-order valence-electron chi connectivity index (χ3n) is 5.31. The average molecular weight is 337 g/mol. The van der Waals surface area contributed by atoms with Gasteiger partial charge in [0, 0.05) is 30.4 Å². The molecule has 0 spiro atoms. The number of fused-ring (bicyclic) bond motifs is 2. The highest BCUT2D eigenvalue weighted by Gasteiger charge is 2.36. The number of amides is 1. The molecular formula is C20H23N3O2. The van der Waals surface area contributed by atoms with E-state index in [4.69, 9.17) is 0 Å². The van der Waals surface area contributed by atoms with Crippen molar-refractivity contribution in [3.8, 4) is 0 Å². The lowest BCUT2D eigenvalue weighted by atomic mass is 9.75. The highest BCUT2D eigenvalue weighted by molar-refractivity contribution is 6.10. The van der Waals surface area contributed by atoms with Crippen LogP contribution in [0.15, 0.2) is 18.3 Å². The molecule has 5 nitrogen and oxygen atoms in total. The van der Waals surface area contributed by atoms with Gasteiger partial charge in [-0.2, -0.15) is 0 Å². The Morgan fingerprint density at radius 1 is 1.32 bits per heavy atom. The number of anilines is 1. The number of H-pyrrole nitrogens is 1. The zero-order chi connectivity index (χ0) is 17.8. The van der Waals surface area contributed by atoms with Crippen molar-refractivity contribution < 1.29 is 9.59 Å². The van der Waals surface area contributed by atoms with Gasteiger partial charge in [0.1, 0.15) is 5.69 Å². The van der Waals surface area contributed by atoms with Crippen LogP contribution < -0.4 is 4.90 Å². The Balaban J connectivity index is 1.75. The molecule has 0 saturated carbocycles. The van der Waals surface area contributed by atoms with Crippen LogP contribution in [0.25, 0.3) is 0 Å². The van der Waals surface area contributed by atoms with Gasteiger partial charge in [0.15, 0.2) is 5.78 Å². The molecule has 5 heteroatoms. The molecule has 130 valence electrons. The molecule has 1 N–H and O–H groups in total. The lowest BCUT2D eigenvalue weighted by Crippen LogP contribution is -2.36. The fourth-order valence-electron chi connectivity index (χ4n) is 4.19. The molecule has 1 amide bonds. The molecule has 0 saturated heterocycles. The maximum absolute atomic E-state index is 13.2. The van der Waals surface area contributed by atoms with Crippen LogP contribution in [-0.4, -0.2) is 28.2 Å². The first kappa shape index (κ1) is 16.1. The van der Waals surface area contributed by atoms with E-state index in [0.29, 0.717) is 18.7 Å². The van der Waals surface area contributed by atoms with E-state index in [1.54, 1.807) is 11.1 Å². The van der Waals surface area contributed by atoms with Gasteiger partial charge in [0.25, 0.3) is 5.91 Å². The van der Waals surface area contributed by atoms with Gasteiger partial charge < -0.3 is 9.88 Å². The topological polar surface area (TPSA) is 66.1 Å². The summed E-state index contributed by atoms with van der Waals surface area (Å²) >= 11 is 0. The number of rotatable bonds is 1. The van der Waals surface area contributed by atoms with E-state index < -0.39 is 0 Å². The van der Waals surface area contributed by atoms with Crippen molar-refractivity contribution in [1.29, 1.82) is 0 Å². The minimum Gasteiger partial charge on any atom is -0.354 e. The van der Waals surface area contributed by atoms with E-state index in [1.807, 2.05) is 19.1 Å². The van der Waals surface area contributed by atoms with E-state index >= 15 is 0 Å². The second kappa shape index (κ2) is 5.55. The molecule has 0 fully saturated rings. The summed E-state index contributed by atoms with van der Waals surface area (Å²) in [5, 5.41) is 0. The Morgan fingerprint density at radius 3 is 2.92 bits per heavy atom. The highest BCUT2D eigenvalue weighted by Crippen LogP contribution is 2.37. The van der Waals surface area contributed by atoms with Crippen molar-refractivity contribution in [2.75, 3.05) is 11.4 Å². The van der Waals surface area contributed by atoms with Crippen LogP contribution in [-0.2, 0) is 12.8 Å². The number of nitrogens with one attached hydrogen (secondary N) is 1. The number of aryl methyl sites for hydroxylation is 1. The molecule has 2 aliphatic rings. The van der Waals surface area contributed by atoms with Crippen LogP contribution in [0.1, 0.15) is 64.5 Å². The third kappa shape index (κ3) is 2.58. The number of hydrogen-bond donors (Lipinski definition) is 1. The first-order valence-corrected chi connectivity index (χ1v) is 8.88. The zero-order valence-corrected chi connectivity index (χ0v) is 15.0. The predicted octanol–water partition coefficient (Wildman–Crippen LogP) is 3.47. The van der Waals surface area contributed by atoms with E-state index in [0.717, 1.165) is 47.5 Å². The van der Waals surface area contributed by atoms with Crippen LogP contribution in [0, 0.1) is 12.3 Å². The lowest BCUT2D eigenvalue weighted by Gasteiger charge is -2.28. The predicted molar refractivity (Wildman–Crippen MR) is 96.2 cm³/mol. The van der Waals surface area contributed by atoms with Crippen LogP contribution in [0.5, 0.6) is 0 Å². The Morgan fingerprint density at radius 2 is 2.12 bits per heavy atom. The quantitative estimate of drug-likeness (QED) is 0.866. The molecule has 0 bridgehead atoms. The summed E-state index contributed by atoms with van der Waals surface area (Å²) in [4.78, 5) is 35.3. The van der Waals surface area contributed by atoms with E-state index in [1.165, 1.54) is 0 Å². The van der Waals surface area contributed by atoms with Crippen LogP contribution >= 0.6 is 0 Å². The van der Waals surface area contributed by atoms with Gasteiger partial charge in [-0.25, -0.2) is 0 Å². The monoisotopic (exact) mass is 337 g/mol. The van der Waals surface area contributed by atoms with Gasteiger partial charge in [-0.05, 0) is 49.3 Å². The van der Waals surface area contributed by atoms with Crippen LogP contribution in [0.4, 0.5) is 5.69 Å². The van der Waals surface area contributed by atoms with Gasteiger partial charge in [-0.15, -0.1) is 0 Å². The maximum atomic E-state index is 13.2. The Labute approximate surface area is 147 Å². The van der Waals surface area contributed by atoms with E-state index in [2.05, 4.69) is 23.8 Å². The van der Waals surface area contributed by atoms with Crippen LogP contribution in [0.3, 0.4) is 0 Å². The van der Waals surface area contributed by atoms with Crippen molar-refractivity contribution >= 4 is 17.4 Å². The fourth-order valence-corrected chi connectivity index (χ4v) is 4.19. The highest BCUT2D eigenvalue weighted by atomic mass is 16.2. The number of carbonyl (C=O) groups is 2. The average Bonchev–Trinajstić information content (AvgIpc) is 2.89. The number of aromatic amines is 1. The number of aromatic nitrogens is 2. The number of carbonyl (C=O) groups excluding carboxylic acids is 2. The van der Waals surface area contributed by atoms with Crippen molar-refractivity contribution in [2.24, 2.45) is 5.41 Å². The smallest absolute Gasteiger partial charge is 0.275 e. The summed E-state index contributed by atoms with van der Waals surface area (Å²) in [5.74, 6) is 0.0752. The summed E-state index contributed by atoms with van der Waals surface area (Å²) in [6, 6.07) is 3.81. The Hall–Kier alpha value is -2.43. The minimum atomic E-state index is -0.0661. The van der Waals surface area contributed by atoms with Gasteiger partial charge in [-0.3, -0.25) is 14.6 Å². The van der Waals surface area contributed by atoms with Crippen LogP contribution in [0.2, 0.25) is 0 Å². The van der Waals surface area contributed by atoms with E-state index in [9.17, 15) is 9.59 Å². The molecule has 0 unspecified atom stereocenters. The molecule has 4 rings (SSSR count). The Bertz CT molecular complexity index is 879. The van der Waals surface area contributed by atoms with Crippen molar-refractivity contribution in [3.63, 3.8) is 0 Å². The zero-order valence-electron chi connectivity index (χ0n) is 15.0. The largest absolute Gasteiger partial charge is 0.354 e. The summed E-state index contributed by atoms with van der Waals surface area (Å²) in [6.45, 7) is 6.75. The number of ketones is 1. The number of nitrogens with zero attached hydrogens (tertiary/aromatic N) is 2. The second-order valence-corrected chi connectivity index (χ2v) is 7.95. The first-order chi connectivity index (χ1) is 11.9. The summed E-state index contributed by atoms with van der Waals surface area (Å²) in [5.41, 5.74) is 4.76. The van der Waals surface area contributed by atoms with Gasteiger partial charge in [-0.1, -0.05) is 13.8 Å². The van der Waals surface area contributed by atoms with E-state index in [-0.39, 0.29) is 17.1 Å². The van der Waals surface area contributed by atoms with Gasteiger partial charge >= 0.3 is 0 Å². The number of Topliss-reactive ketones (excluding diaryl/α,β-unsaturated/α-hetero) is 1. The lowest BCUT2D eigenvalue weighted by molar-refractivity contribution is 0.0910. The number of hydrogen-bond acceptors (Lipinski definition) is 3. The summed E-state index contributed by atoms with van der Waals surface area (Å²) in [6.07, 6.45) is 4.89. The molecule has 3 heterocycles. The van der Waals surface area contributed by atoms with Crippen molar-refractivity contribution in [2.45, 2.75) is 46.5 Å². The SMILES string of the molecule is Cc1c(C(=O)N2CCCc3ncccc32)[nH]c2c1C(=O)CC(C)(C)C2. The minimum absolute atomic E-state index is 0.0635. The first-order valence-electron chi connectivity index (χ1n) is 8.88. The summed E-state index contributed by atoms with van der Waals surface area (Å²) in [7, 11) is 0. The molecule has 2 aromatic heterocycles. The normalized spacial score (nSPS) is 18.7. The molecular weight excluding hydrogens is 314 g/mol. The molecule has 1 aliphatic carbocycles. The molecule has 0 aromatic carbocycles. The molecule has 1 aliphatic heterocycles. The second-order valence-electron chi connectivity index (χ2n) is 7.95. The molecule has 2 aromatic rings. The van der Waals surface area contributed by atoms with Crippen molar-refractivity contribution in [3.05, 3.63) is 46.5 Å². The third-order valence-corrected chi connectivity index (χ3v) is 5.31. The molecule has 0 atom stereocenters. The standard InChI is InChI=1S/C20H23N3O2/c1-12-17-14(10-20(2,3)11-16(17)24)22-18(12)19(25)23-9-5-6-13-15(23)7-4-8-21-13/h4,7-8,22H,5-6,9-11H2,1-3H3. The van der Waals surface area contributed by atoms with Gasteiger partial charge in [0.05, 0.1) is 11.4 Å². The Kier molecular flexibility index (Phi) is 3.56. The van der Waals surface area contributed by atoms with Gasteiger partial charge in [0.2, 0.25) is 0 Å².